The van der Waals surface area contributed by atoms with Crippen LogP contribution in [0.25, 0.3) is 32.9 Å². The number of benzene rings is 2. The summed E-state index contributed by atoms with van der Waals surface area (Å²) in [6.45, 7) is 6.16. The van der Waals surface area contributed by atoms with Crippen molar-refractivity contribution in [1.29, 1.82) is 5.26 Å². The van der Waals surface area contributed by atoms with E-state index >= 15 is 4.39 Å². The van der Waals surface area contributed by atoms with Crippen molar-refractivity contribution < 1.29 is 13.9 Å². The van der Waals surface area contributed by atoms with Gasteiger partial charge in [-0.25, -0.2) is 9.37 Å². The van der Waals surface area contributed by atoms with Crippen LogP contribution in [0.5, 0.6) is 5.88 Å². The first-order valence-corrected chi connectivity index (χ1v) is 18.8. The number of halogens is 4. The van der Waals surface area contributed by atoms with Crippen LogP contribution in [0.4, 0.5) is 4.39 Å². The van der Waals surface area contributed by atoms with E-state index in [0.717, 1.165) is 56.4 Å². The van der Waals surface area contributed by atoms with E-state index in [1.165, 1.54) is 0 Å². The summed E-state index contributed by atoms with van der Waals surface area (Å²) in [4.78, 5) is 22.2. The maximum absolute atomic E-state index is 17.5. The Balaban J connectivity index is 1.47. The first kappa shape index (κ1) is 34.0. The molecule has 1 saturated carbocycles. The molecule has 12 heteroatoms. The van der Waals surface area contributed by atoms with Crippen LogP contribution < -0.4 is 10.1 Å². The molecule has 4 aliphatic heterocycles. The molecule has 2 bridgehead atoms. The monoisotopic (exact) mass is 736 g/mol. The van der Waals surface area contributed by atoms with Crippen LogP contribution in [0, 0.1) is 23.1 Å². The molecule has 9 rings (SSSR count). The molecule has 2 aromatic carbocycles. The van der Waals surface area contributed by atoms with Crippen LogP contribution in [0.15, 0.2) is 24.3 Å². The maximum atomic E-state index is 17.5. The van der Waals surface area contributed by atoms with Gasteiger partial charge in [0, 0.05) is 55.0 Å². The van der Waals surface area contributed by atoms with Crippen LogP contribution in [0.2, 0.25) is 15.1 Å². The second-order valence-electron chi connectivity index (χ2n) is 14.5. The van der Waals surface area contributed by atoms with Crippen molar-refractivity contribution in [1.82, 2.24) is 24.7 Å². The summed E-state index contributed by atoms with van der Waals surface area (Å²) in [6.07, 6.45) is 4.95. The molecular formula is C38H40Cl3FN6O2. The Morgan fingerprint density at radius 1 is 1.20 bits per heavy atom. The van der Waals surface area contributed by atoms with Crippen molar-refractivity contribution in [2.75, 3.05) is 26.7 Å². The zero-order chi connectivity index (χ0) is 35.0. The average Bonchev–Trinajstić information content (AvgIpc) is 3.92. The van der Waals surface area contributed by atoms with Gasteiger partial charge in [0.2, 0.25) is 11.8 Å². The fourth-order valence-electron chi connectivity index (χ4n) is 9.31. The first-order chi connectivity index (χ1) is 24.1. The third-order valence-corrected chi connectivity index (χ3v) is 12.9. The number of nitriles is 1. The standard InChI is InChI=1S/C38H40Cl3FN6O2/c1-19(27-11-6-14-46(27)3)50-38-30-32(41)37(28-12-7-15-47(28)20(2)49)48(35-22-17-26(35)44-18-22)36(30)24-16-21(8-5-13-43)29(33(42)34(24)45-38)23-9-4-10-25(39)31(23)40/h4,9-10,16,19,22,26-28,35,44H,5-8,11-12,14-15,17-18H2,1-3H3/t19-,22+,26+,27?,28?,35-/m0/s1. The molecule has 1 amide bonds. The summed E-state index contributed by atoms with van der Waals surface area (Å²) in [5.74, 6) is 0.0939. The highest BCUT2D eigenvalue weighted by atomic mass is 35.5. The zero-order valence-corrected chi connectivity index (χ0v) is 30.7. The number of nitrogens with one attached hydrogen (secondary N) is 1. The minimum atomic E-state index is -0.552. The lowest BCUT2D eigenvalue weighted by molar-refractivity contribution is -0.129. The van der Waals surface area contributed by atoms with E-state index in [1.807, 2.05) is 17.9 Å². The van der Waals surface area contributed by atoms with Gasteiger partial charge in [0.1, 0.15) is 11.6 Å². The topological polar surface area (TPSA) is 86.4 Å². The van der Waals surface area contributed by atoms with Gasteiger partial charge < -0.3 is 19.5 Å². The van der Waals surface area contributed by atoms with Gasteiger partial charge in [-0.1, -0.05) is 46.9 Å². The van der Waals surface area contributed by atoms with E-state index in [1.54, 1.807) is 25.1 Å². The molecule has 5 aliphatic rings. The second kappa shape index (κ2) is 13.1. The Kier molecular flexibility index (Phi) is 8.92. The number of likely N-dealkylation sites (N-methyl/N-ethyl adjacent to an activating group) is 1. The van der Waals surface area contributed by atoms with Gasteiger partial charge in [-0.15, -0.1) is 0 Å². The molecule has 8 nitrogen and oxygen atoms in total. The summed E-state index contributed by atoms with van der Waals surface area (Å²) in [7, 11) is 2.10. The average molecular weight is 738 g/mol. The van der Waals surface area contributed by atoms with Crippen molar-refractivity contribution in [2.24, 2.45) is 5.92 Å². The van der Waals surface area contributed by atoms with Crippen LogP contribution in [0.3, 0.4) is 0 Å². The SMILES string of the molecule is CC(=O)N1CCCC1c1c(Cl)c2c(O[C@@H](C)C3CCCN3C)nc3c(F)c(-c4cccc(Cl)c4Cl)c(CCC#N)cc3c2n1[C@H]1[C@H]2CN[C@@H]1C2. The van der Waals surface area contributed by atoms with Crippen molar-refractivity contribution in [3.05, 3.63) is 56.4 Å². The van der Waals surface area contributed by atoms with Gasteiger partial charge in [0.25, 0.3) is 0 Å². The molecule has 50 heavy (non-hydrogen) atoms. The molecule has 0 spiro atoms. The van der Waals surface area contributed by atoms with Crippen LogP contribution in [-0.2, 0) is 11.2 Å². The number of carbonyl (C=O) groups is 1. The van der Waals surface area contributed by atoms with E-state index < -0.39 is 5.82 Å². The summed E-state index contributed by atoms with van der Waals surface area (Å²) in [5, 5.41) is 15.6. The van der Waals surface area contributed by atoms with Crippen LogP contribution in [0.1, 0.15) is 75.7 Å². The molecule has 4 saturated heterocycles. The number of aromatic nitrogens is 2. The highest BCUT2D eigenvalue weighted by Gasteiger charge is 2.51. The number of aryl methyl sites for hydroxylation is 1. The van der Waals surface area contributed by atoms with Crippen LogP contribution in [-0.4, -0.2) is 70.1 Å². The number of hydrogen-bond acceptors (Lipinski definition) is 6. The van der Waals surface area contributed by atoms with Gasteiger partial charge in [-0.2, -0.15) is 5.26 Å². The largest absolute Gasteiger partial charge is 0.472 e. The van der Waals surface area contributed by atoms with Gasteiger partial charge in [-0.05, 0) is 82.7 Å². The van der Waals surface area contributed by atoms with Crippen molar-refractivity contribution >= 4 is 62.5 Å². The highest BCUT2D eigenvalue weighted by molar-refractivity contribution is 6.43. The summed E-state index contributed by atoms with van der Waals surface area (Å²) in [6, 6.07) is 9.56. The Hall–Kier alpha value is -3.13. The number of carbonyl (C=O) groups excluding carboxylic acids is 1. The maximum Gasteiger partial charge on any atom is 0.225 e. The van der Waals surface area contributed by atoms with Crippen molar-refractivity contribution in [3.8, 4) is 23.1 Å². The van der Waals surface area contributed by atoms with E-state index in [0.29, 0.717) is 50.8 Å². The number of rotatable bonds is 8. The predicted molar refractivity (Wildman–Crippen MR) is 196 cm³/mol. The molecule has 5 fully saturated rings. The minimum absolute atomic E-state index is 0.000282. The number of fused-ring (bicyclic) bond motifs is 4. The van der Waals surface area contributed by atoms with Crippen LogP contribution >= 0.6 is 34.8 Å². The highest BCUT2D eigenvalue weighted by Crippen LogP contribution is 2.54. The summed E-state index contributed by atoms with van der Waals surface area (Å²) < 4.78 is 26.6. The number of hydrogen-bond donors (Lipinski definition) is 1. The molecule has 2 aromatic heterocycles. The molecule has 4 aromatic rings. The molecule has 1 aliphatic carbocycles. The Morgan fingerprint density at radius 2 is 2.00 bits per heavy atom. The first-order valence-electron chi connectivity index (χ1n) is 17.7. The molecule has 1 N–H and O–H groups in total. The number of pyridine rings is 1. The molecule has 6 atom stereocenters. The van der Waals surface area contributed by atoms with Crippen molar-refractivity contribution in [2.45, 2.75) is 89.1 Å². The van der Waals surface area contributed by atoms with Gasteiger partial charge >= 0.3 is 0 Å². The van der Waals surface area contributed by atoms with Gasteiger partial charge in [0.15, 0.2) is 5.82 Å². The van der Waals surface area contributed by atoms with E-state index in [9.17, 15) is 10.1 Å². The zero-order valence-electron chi connectivity index (χ0n) is 28.4. The lowest BCUT2D eigenvalue weighted by Crippen LogP contribution is -2.40. The summed E-state index contributed by atoms with van der Waals surface area (Å²) in [5.41, 5.74) is 3.11. The third kappa shape index (κ3) is 5.28. The lowest BCUT2D eigenvalue weighted by Gasteiger charge is -2.39. The fourth-order valence-corrected chi connectivity index (χ4v) is 10.1. The van der Waals surface area contributed by atoms with Gasteiger partial charge in [0.05, 0.1) is 49.8 Å². The summed E-state index contributed by atoms with van der Waals surface area (Å²) >= 11 is 20.8. The number of amides is 1. The van der Waals surface area contributed by atoms with Gasteiger partial charge in [-0.3, -0.25) is 9.69 Å². The number of likely N-dealkylation sites (tertiary alicyclic amines) is 2. The molecular weight excluding hydrogens is 698 g/mol. The molecule has 262 valence electrons. The van der Waals surface area contributed by atoms with E-state index in [4.69, 9.17) is 44.5 Å². The predicted octanol–water partition coefficient (Wildman–Crippen LogP) is 8.49. The minimum Gasteiger partial charge on any atom is -0.472 e. The Morgan fingerprint density at radius 3 is 2.68 bits per heavy atom. The molecule has 0 radical (unpaired) electrons. The third-order valence-electron chi connectivity index (χ3n) is 11.7. The number of nitrogens with zero attached hydrogens (tertiary/aromatic N) is 5. The molecule has 6 heterocycles. The number of ether oxygens (including phenoxy) is 1. The van der Waals surface area contributed by atoms with E-state index in [2.05, 4.69) is 27.9 Å². The smallest absolute Gasteiger partial charge is 0.225 e. The van der Waals surface area contributed by atoms with Crippen molar-refractivity contribution in [3.63, 3.8) is 0 Å². The quantitative estimate of drug-likeness (QED) is 0.195. The fraction of sp³-hybridized carbons (Fsp3) is 0.500. The van der Waals surface area contributed by atoms with E-state index in [-0.39, 0.29) is 64.6 Å². The Bertz CT molecular complexity index is 2070. The second-order valence-corrected chi connectivity index (χ2v) is 15.6. The Labute approximate surface area is 306 Å². The normalized spacial score (nSPS) is 25.4. The molecule has 2 unspecified atom stereocenters. The lowest BCUT2D eigenvalue weighted by atomic mass is 9.79.